The van der Waals surface area contributed by atoms with Crippen molar-refractivity contribution in [2.75, 3.05) is 14.1 Å². The van der Waals surface area contributed by atoms with E-state index in [1.54, 1.807) is 23.5 Å². The highest BCUT2D eigenvalue weighted by molar-refractivity contribution is 7.89. The van der Waals surface area contributed by atoms with E-state index >= 15 is 0 Å². The Kier molecular flexibility index (Phi) is 7.07. The molecule has 0 aliphatic carbocycles. The molecule has 0 saturated heterocycles. The van der Waals surface area contributed by atoms with Crippen molar-refractivity contribution in [2.45, 2.75) is 30.8 Å². The minimum Gasteiger partial charge on any atom is -0.331 e. The van der Waals surface area contributed by atoms with Crippen LogP contribution >= 0.6 is 11.3 Å². The van der Waals surface area contributed by atoms with Crippen molar-refractivity contribution in [3.05, 3.63) is 88.1 Å². The van der Waals surface area contributed by atoms with Gasteiger partial charge in [-0.2, -0.15) is 0 Å². The Morgan fingerprint density at radius 2 is 1.73 bits per heavy atom. The lowest BCUT2D eigenvalue weighted by molar-refractivity contribution is 0.0675. The van der Waals surface area contributed by atoms with Crippen LogP contribution in [0.2, 0.25) is 0 Å². The monoisotopic (exact) mass is 442 g/mol. The summed E-state index contributed by atoms with van der Waals surface area (Å²) in [6, 6.07) is 20.1. The summed E-state index contributed by atoms with van der Waals surface area (Å²) in [5.41, 5.74) is 1.40. The molecule has 3 rings (SSSR count). The number of amides is 1. The zero-order valence-corrected chi connectivity index (χ0v) is 19.0. The van der Waals surface area contributed by atoms with Gasteiger partial charge < -0.3 is 4.90 Å². The zero-order valence-electron chi connectivity index (χ0n) is 17.4. The molecule has 5 nitrogen and oxygen atoms in total. The van der Waals surface area contributed by atoms with Crippen molar-refractivity contribution in [3.8, 4) is 0 Å². The van der Waals surface area contributed by atoms with E-state index in [4.69, 9.17) is 0 Å². The minimum atomic E-state index is -3.61. The van der Waals surface area contributed by atoms with Gasteiger partial charge in [0.05, 0.1) is 4.90 Å². The second-order valence-corrected chi connectivity index (χ2v) is 10.6. The fourth-order valence-electron chi connectivity index (χ4n) is 3.20. The highest BCUT2D eigenvalue weighted by Gasteiger charge is 2.25. The molecule has 0 radical (unpaired) electrons. The summed E-state index contributed by atoms with van der Waals surface area (Å²) in [6.07, 6.45) is 0.742. The van der Waals surface area contributed by atoms with E-state index in [1.165, 1.54) is 31.1 Å². The number of nitrogens with zero attached hydrogens (tertiary/aromatic N) is 2. The SMILES string of the molecule is C[C@@H](Cc1cccs1)N(Cc1ccccc1)C(=O)c1cccc(S(=O)(=O)N(C)C)c1. The lowest BCUT2D eigenvalue weighted by Crippen LogP contribution is -2.39. The molecule has 1 amide bonds. The highest BCUT2D eigenvalue weighted by atomic mass is 32.2. The van der Waals surface area contributed by atoms with Crippen LogP contribution in [-0.4, -0.2) is 43.7 Å². The lowest BCUT2D eigenvalue weighted by Gasteiger charge is -2.29. The molecule has 30 heavy (non-hydrogen) atoms. The molecule has 0 N–H and O–H groups in total. The number of hydrogen-bond donors (Lipinski definition) is 0. The Morgan fingerprint density at radius 1 is 1.00 bits per heavy atom. The first-order valence-electron chi connectivity index (χ1n) is 9.69. The molecule has 1 atom stereocenters. The van der Waals surface area contributed by atoms with Crippen LogP contribution in [0.3, 0.4) is 0 Å². The second kappa shape index (κ2) is 9.55. The number of hydrogen-bond acceptors (Lipinski definition) is 4. The summed E-state index contributed by atoms with van der Waals surface area (Å²) in [4.78, 5) is 16.6. The second-order valence-electron chi connectivity index (χ2n) is 7.37. The van der Waals surface area contributed by atoms with Crippen molar-refractivity contribution in [2.24, 2.45) is 0 Å². The Labute approximate surface area is 182 Å². The molecule has 0 unspecified atom stereocenters. The van der Waals surface area contributed by atoms with Gasteiger partial charge in [-0.3, -0.25) is 4.79 Å². The topological polar surface area (TPSA) is 57.7 Å². The van der Waals surface area contributed by atoms with Gasteiger partial charge in [0, 0.05) is 43.5 Å². The van der Waals surface area contributed by atoms with E-state index in [1.807, 2.05) is 53.6 Å². The van der Waals surface area contributed by atoms with Gasteiger partial charge in [-0.15, -0.1) is 11.3 Å². The largest absolute Gasteiger partial charge is 0.331 e. The standard InChI is InChI=1S/C23H26N2O3S2/c1-18(15-21-12-8-14-29-21)25(17-19-9-5-4-6-10-19)23(26)20-11-7-13-22(16-20)30(27,28)24(2)3/h4-14,16,18H,15,17H2,1-3H3/t18-/m0/s1. The Morgan fingerprint density at radius 3 is 2.37 bits per heavy atom. The van der Waals surface area contributed by atoms with E-state index in [9.17, 15) is 13.2 Å². The molecular weight excluding hydrogens is 416 g/mol. The van der Waals surface area contributed by atoms with Gasteiger partial charge >= 0.3 is 0 Å². The number of carbonyl (C=O) groups is 1. The first-order chi connectivity index (χ1) is 14.3. The van der Waals surface area contributed by atoms with E-state index in [-0.39, 0.29) is 16.8 Å². The molecule has 3 aromatic rings. The van der Waals surface area contributed by atoms with E-state index < -0.39 is 10.0 Å². The van der Waals surface area contributed by atoms with Crippen LogP contribution in [0.4, 0.5) is 0 Å². The average molecular weight is 443 g/mol. The molecule has 1 heterocycles. The Hall–Kier alpha value is -2.48. The van der Waals surface area contributed by atoms with E-state index in [2.05, 4.69) is 6.07 Å². The first kappa shape index (κ1) is 22.2. The molecule has 0 fully saturated rings. The third-order valence-electron chi connectivity index (χ3n) is 4.92. The third kappa shape index (κ3) is 5.16. The lowest BCUT2D eigenvalue weighted by atomic mass is 10.1. The smallest absolute Gasteiger partial charge is 0.254 e. The van der Waals surface area contributed by atoms with Crippen LogP contribution in [0, 0.1) is 0 Å². The minimum absolute atomic E-state index is 0.0505. The number of sulfonamides is 1. The molecule has 0 spiro atoms. The molecule has 1 aromatic heterocycles. The maximum absolute atomic E-state index is 13.5. The normalized spacial score (nSPS) is 12.7. The molecule has 2 aromatic carbocycles. The molecule has 0 saturated carbocycles. The van der Waals surface area contributed by atoms with Crippen LogP contribution in [0.25, 0.3) is 0 Å². The zero-order chi connectivity index (χ0) is 21.7. The van der Waals surface area contributed by atoms with Crippen molar-refractivity contribution >= 4 is 27.3 Å². The third-order valence-corrected chi connectivity index (χ3v) is 7.63. The molecule has 7 heteroatoms. The summed E-state index contributed by atoms with van der Waals surface area (Å²) in [5, 5.41) is 2.03. The van der Waals surface area contributed by atoms with Gasteiger partial charge in [0.25, 0.3) is 5.91 Å². The summed E-state index contributed by atoms with van der Waals surface area (Å²) < 4.78 is 26.2. The van der Waals surface area contributed by atoms with Gasteiger partial charge in [0.1, 0.15) is 0 Å². The van der Waals surface area contributed by atoms with Gasteiger partial charge in [-0.05, 0) is 42.1 Å². The highest BCUT2D eigenvalue weighted by Crippen LogP contribution is 2.21. The number of carbonyl (C=O) groups excluding carboxylic acids is 1. The Bertz CT molecular complexity index is 1080. The van der Waals surface area contributed by atoms with Crippen LogP contribution in [0.5, 0.6) is 0 Å². The fourth-order valence-corrected chi connectivity index (χ4v) is 4.98. The van der Waals surface area contributed by atoms with Gasteiger partial charge in [-0.25, -0.2) is 12.7 Å². The maximum Gasteiger partial charge on any atom is 0.254 e. The van der Waals surface area contributed by atoms with Crippen molar-refractivity contribution < 1.29 is 13.2 Å². The predicted molar refractivity (Wildman–Crippen MR) is 121 cm³/mol. The maximum atomic E-state index is 13.5. The number of thiophene rings is 1. The van der Waals surface area contributed by atoms with Crippen LogP contribution < -0.4 is 0 Å². The van der Waals surface area contributed by atoms with Crippen molar-refractivity contribution in [1.29, 1.82) is 0 Å². The number of rotatable bonds is 8. The number of benzene rings is 2. The van der Waals surface area contributed by atoms with Crippen LogP contribution in [0.1, 0.15) is 27.7 Å². The van der Waals surface area contributed by atoms with Gasteiger partial charge in [0.2, 0.25) is 10.0 Å². The van der Waals surface area contributed by atoms with E-state index in [0.29, 0.717) is 12.1 Å². The van der Waals surface area contributed by atoms with Gasteiger partial charge in [-0.1, -0.05) is 42.5 Å². The molecule has 158 valence electrons. The summed E-state index contributed by atoms with van der Waals surface area (Å²) in [6.45, 7) is 2.48. The van der Waals surface area contributed by atoms with Crippen molar-refractivity contribution in [1.82, 2.24) is 9.21 Å². The van der Waals surface area contributed by atoms with Crippen LogP contribution in [-0.2, 0) is 23.0 Å². The predicted octanol–water partition coefficient (Wildman–Crippen LogP) is 4.27. The molecule has 0 aliphatic rings. The Balaban J connectivity index is 1.93. The van der Waals surface area contributed by atoms with Crippen LogP contribution in [0.15, 0.2) is 77.0 Å². The molecule has 0 bridgehead atoms. The van der Waals surface area contributed by atoms with Crippen molar-refractivity contribution in [3.63, 3.8) is 0 Å². The summed E-state index contributed by atoms with van der Waals surface area (Å²) in [7, 11) is -0.653. The first-order valence-corrected chi connectivity index (χ1v) is 12.0. The average Bonchev–Trinajstić information content (AvgIpc) is 3.25. The summed E-state index contributed by atoms with van der Waals surface area (Å²) in [5.74, 6) is -0.182. The van der Waals surface area contributed by atoms with E-state index in [0.717, 1.165) is 16.3 Å². The molecule has 0 aliphatic heterocycles. The summed E-state index contributed by atoms with van der Waals surface area (Å²) >= 11 is 1.67. The molecular formula is C23H26N2O3S2. The fraction of sp³-hybridized carbons (Fsp3) is 0.261. The van der Waals surface area contributed by atoms with Gasteiger partial charge in [0.15, 0.2) is 0 Å². The quantitative estimate of drug-likeness (QED) is 0.523.